The summed E-state index contributed by atoms with van der Waals surface area (Å²) in [6.07, 6.45) is 3.70. The predicted octanol–water partition coefficient (Wildman–Crippen LogP) is 2.84. The summed E-state index contributed by atoms with van der Waals surface area (Å²) in [5.41, 5.74) is 2.68. The number of pyridine rings is 2. The number of nitrogens with zero attached hydrogens (tertiary/aromatic N) is 3. The molecule has 0 bridgehead atoms. The monoisotopic (exact) mass is 339 g/mol. The Morgan fingerprint density at radius 2 is 2.08 bits per heavy atom. The van der Waals surface area contributed by atoms with Crippen LogP contribution in [-0.4, -0.2) is 20.9 Å². The third-order valence-electron chi connectivity index (χ3n) is 3.24. The van der Waals surface area contributed by atoms with Gasteiger partial charge < -0.3 is 10.6 Å². The third-order valence-corrected chi connectivity index (χ3v) is 4.04. The number of aryl methyl sites for hydroxylation is 1. The van der Waals surface area contributed by atoms with Crippen molar-refractivity contribution in [3.63, 3.8) is 0 Å². The number of anilines is 2. The highest BCUT2D eigenvalue weighted by Crippen LogP contribution is 2.20. The lowest BCUT2D eigenvalue weighted by Gasteiger charge is -2.03. The van der Waals surface area contributed by atoms with Crippen LogP contribution in [0.5, 0.6) is 0 Å². The second kappa shape index (κ2) is 7.65. The largest absolute Gasteiger partial charge is 0.350 e. The van der Waals surface area contributed by atoms with E-state index in [0.717, 1.165) is 27.9 Å². The molecule has 2 N–H and O–H groups in total. The molecule has 0 spiro atoms. The average Bonchev–Trinajstić information content (AvgIpc) is 3.01. The zero-order chi connectivity index (χ0) is 16.8. The Morgan fingerprint density at radius 1 is 1.17 bits per heavy atom. The molecule has 3 aromatic rings. The summed E-state index contributed by atoms with van der Waals surface area (Å²) in [5.74, 6) is 0.668. The molecule has 1 amide bonds. The first kappa shape index (κ1) is 16.1. The van der Waals surface area contributed by atoms with Gasteiger partial charge in [0.2, 0.25) is 5.91 Å². The number of thiazole rings is 1. The number of rotatable bonds is 6. The van der Waals surface area contributed by atoms with E-state index in [1.165, 1.54) is 11.3 Å². The zero-order valence-corrected chi connectivity index (χ0v) is 14.0. The summed E-state index contributed by atoms with van der Waals surface area (Å²) in [7, 11) is 0. The Morgan fingerprint density at radius 3 is 2.88 bits per heavy atom. The predicted molar refractivity (Wildman–Crippen MR) is 94.2 cm³/mol. The molecule has 0 fully saturated rings. The molecule has 0 saturated carbocycles. The summed E-state index contributed by atoms with van der Waals surface area (Å²) in [6, 6.07) is 9.50. The SMILES string of the molecule is Cc1ccnc(Nc2nc(CC(=O)NCc3ccccn3)cs2)c1. The van der Waals surface area contributed by atoms with Gasteiger partial charge in [0.1, 0.15) is 5.82 Å². The van der Waals surface area contributed by atoms with Crippen LogP contribution in [0.4, 0.5) is 10.9 Å². The molecule has 0 saturated heterocycles. The molecule has 6 nitrogen and oxygen atoms in total. The summed E-state index contributed by atoms with van der Waals surface area (Å²) in [6.45, 7) is 2.42. The maximum Gasteiger partial charge on any atom is 0.226 e. The molecule has 0 aromatic carbocycles. The van der Waals surface area contributed by atoms with E-state index < -0.39 is 0 Å². The number of aromatic nitrogens is 3. The van der Waals surface area contributed by atoms with Crippen LogP contribution in [0.1, 0.15) is 17.0 Å². The maximum absolute atomic E-state index is 12.0. The molecule has 0 aliphatic rings. The second-order valence-corrected chi connectivity index (χ2v) is 6.12. The minimum absolute atomic E-state index is 0.0776. The van der Waals surface area contributed by atoms with Crippen LogP contribution in [-0.2, 0) is 17.8 Å². The van der Waals surface area contributed by atoms with Crippen molar-refractivity contribution in [2.24, 2.45) is 0 Å². The number of amides is 1. The van der Waals surface area contributed by atoms with Crippen molar-refractivity contribution in [2.75, 3.05) is 5.32 Å². The molecule has 0 radical (unpaired) electrons. The van der Waals surface area contributed by atoms with Crippen molar-refractivity contribution in [3.8, 4) is 0 Å². The van der Waals surface area contributed by atoms with Crippen LogP contribution < -0.4 is 10.6 Å². The van der Waals surface area contributed by atoms with Gasteiger partial charge in [0.15, 0.2) is 5.13 Å². The first-order chi connectivity index (χ1) is 11.7. The van der Waals surface area contributed by atoms with E-state index in [9.17, 15) is 4.79 Å². The number of nitrogens with one attached hydrogen (secondary N) is 2. The number of carbonyl (C=O) groups is 1. The number of carbonyl (C=O) groups excluding carboxylic acids is 1. The van der Waals surface area contributed by atoms with Crippen LogP contribution in [0.25, 0.3) is 0 Å². The Hall–Kier alpha value is -2.80. The molecule has 122 valence electrons. The zero-order valence-electron chi connectivity index (χ0n) is 13.2. The van der Waals surface area contributed by atoms with Gasteiger partial charge in [0.05, 0.1) is 24.4 Å². The van der Waals surface area contributed by atoms with Gasteiger partial charge in [0, 0.05) is 17.8 Å². The molecule has 0 unspecified atom stereocenters. The quantitative estimate of drug-likeness (QED) is 0.722. The lowest BCUT2D eigenvalue weighted by Crippen LogP contribution is -2.25. The van der Waals surface area contributed by atoms with Crippen molar-refractivity contribution in [2.45, 2.75) is 19.9 Å². The normalized spacial score (nSPS) is 10.4. The van der Waals surface area contributed by atoms with Crippen molar-refractivity contribution in [1.82, 2.24) is 20.3 Å². The van der Waals surface area contributed by atoms with Gasteiger partial charge in [-0.05, 0) is 36.8 Å². The van der Waals surface area contributed by atoms with Gasteiger partial charge in [-0.3, -0.25) is 9.78 Å². The van der Waals surface area contributed by atoms with E-state index in [2.05, 4.69) is 25.6 Å². The molecule has 0 atom stereocenters. The van der Waals surface area contributed by atoms with E-state index in [-0.39, 0.29) is 12.3 Å². The van der Waals surface area contributed by atoms with Crippen LogP contribution in [0.2, 0.25) is 0 Å². The van der Waals surface area contributed by atoms with Crippen LogP contribution in [0, 0.1) is 6.92 Å². The summed E-state index contributed by atoms with van der Waals surface area (Å²) < 4.78 is 0. The molecule has 3 heterocycles. The molecule has 3 rings (SSSR count). The topological polar surface area (TPSA) is 79.8 Å². The second-order valence-electron chi connectivity index (χ2n) is 5.26. The first-order valence-electron chi connectivity index (χ1n) is 7.50. The van der Waals surface area contributed by atoms with Gasteiger partial charge in [0.25, 0.3) is 0 Å². The fourth-order valence-electron chi connectivity index (χ4n) is 2.08. The Bertz CT molecular complexity index is 819. The highest BCUT2D eigenvalue weighted by molar-refractivity contribution is 7.13. The Balaban J connectivity index is 1.53. The lowest BCUT2D eigenvalue weighted by molar-refractivity contribution is -0.120. The smallest absolute Gasteiger partial charge is 0.226 e. The molecule has 3 aromatic heterocycles. The highest BCUT2D eigenvalue weighted by atomic mass is 32.1. The number of hydrogen-bond acceptors (Lipinski definition) is 6. The van der Waals surface area contributed by atoms with Gasteiger partial charge >= 0.3 is 0 Å². The van der Waals surface area contributed by atoms with E-state index in [1.807, 2.05) is 42.6 Å². The van der Waals surface area contributed by atoms with Crippen molar-refractivity contribution >= 4 is 28.2 Å². The van der Waals surface area contributed by atoms with Crippen LogP contribution in [0.3, 0.4) is 0 Å². The average molecular weight is 339 g/mol. The van der Waals surface area contributed by atoms with E-state index in [4.69, 9.17) is 0 Å². The highest BCUT2D eigenvalue weighted by Gasteiger charge is 2.08. The van der Waals surface area contributed by atoms with Gasteiger partial charge in [-0.25, -0.2) is 9.97 Å². The van der Waals surface area contributed by atoms with Crippen LogP contribution >= 0.6 is 11.3 Å². The van der Waals surface area contributed by atoms with E-state index in [1.54, 1.807) is 12.4 Å². The summed E-state index contributed by atoms with van der Waals surface area (Å²) in [5, 5.41) is 8.59. The molecule has 7 heteroatoms. The molecular weight excluding hydrogens is 322 g/mol. The van der Waals surface area contributed by atoms with Crippen molar-refractivity contribution in [1.29, 1.82) is 0 Å². The third kappa shape index (κ3) is 4.60. The van der Waals surface area contributed by atoms with Crippen LogP contribution in [0.15, 0.2) is 48.1 Å². The molecular formula is C17H17N5OS. The fourth-order valence-corrected chi connectivity index (χ4v) is 2.80. The van der Waals surface area contributed by atoms with Gasteiger partial charge in [-0.15, -0.1) is 11.3 Å². The minimum atomic E-state index is -0.0776. The van der Waals surface area contributed by atoms with E-state index in [0.29, 0.717) is 6.54 Å². The maximum atomic E-state index is 12.0. The molecule has 0 aliphatic heterocycles. The van der Waals surface area contributed by atoms with Gasteiger partial charge in [-0.1, -0.05) is 6.07 Å². The molecule has 24 heavy (non-hydrogen) atoms. The fraction of sp³-hybridized carbons (Fsp3) is 0.176. The molecule has 0 aliphatic carbocycles. The minimum Gasteiger partial charge on any atom is -0.350 e. The lowest BCUT2D eigenvalue weighted by atomic mass is 10.3. The standard InChI is InChI=1S/C17H17N5OS/c1-12-5-7-19-15(8-12)22-17-21-14(11-24-17)9-16(23)20-10-13-4-2-3-6-18-13/h2-8,11H,9-10H2,1H3,(H,20,23)(H,19,21,22). The number of hydrogen-bond donors (Lipinski definition) is 2. The Labute approximate surface area is 144 Å². The first-order valence-corrected chi connectivity index (χ1v) is 8.38. The van der Waals surface area contributed by atoms with E-state index >= 15 is 0 Å². The Kier molecular flexibility index (Phi) is 5.12. The van der Waals surface area contributed by atoms with Gasteiger partial charge in [-0.2, -0.15) is 0 Å². The summed E-state index contributed by atoms with van der Waals surface area (Å²) >= 11 is 1.45. The summed E-state index contributed by atoms with van der Waals surface area (Å²) in [4.78, 5) is 24.8. The van der Waals surface area contributed by atoms with Crippen molar-refractivity contribution in [3.05, 3.63) is 65.1 Å². The van der Waals surface area contributed by atoms with Crippen molar-refractivity contribution < 1.29 is 4.79 Å².